The molecule has 1 saturated carbocycles. The number of hydrogen-bond donors (Lipinski definition) is 3. The number of nitrogens with one attached hydrogen (secondary N) is 3. The Morgan fingerprint density at radius 2 is 2.10 bits per heavy atom. The SMILES string of the molecule is Cc1nc(NNC2CCC2)nc2c1NC(=O)[C@H](C)N2C. The highest BCUT2D eigenvalue weighted by Gasteiger charge is 2.30. The standard InChI is InChI=1S/C13H20N6O/c1-7-10-11(19(3)8(2)12(20)15-10)16-13(14-7)18-17-9-5-4-6-9/h8-9,17H,4-6H2,1-3H3,(H,15,20)(H,14,16,18)/t8-/m0/s1. The van der Waals surface area contributed by atoms with E-state index in [2.05, 4.69) is 26.1 Å². The van der Waals surface area contributed by atoms with Gasteiger partial charge in [0.1, 0.15) is 11.7 Å². The van der Waals surface area contributed by atoms with E-state index in [-0.39, 0.29) is 11.9 Å². The van der Waals surface area contributed by atoms with Crippen molar-refractivity contribution in [2.45, 2.75) is 45.2 Å². The molecule has 1 atom stereocenters. The van der Waals surface area contributed by atoms with Crippen molar-refractivity contribution in [2.75, 3.05) is 22.7 Å². The van der Waals surface area contributed by atoms with E-state index >= 15 is 0 Å². The van der Waals surface area contributed by atoms with Crippen LogP contribution in [0.25, 0.3) is 0 Å². The summed E-state index contributed by atoms with van der Waals surface area (Å²) in [6.07, 6.45) is 3.64. The lowest BCUT2D eigenvalue weighted by Crippen LogP contribution is -2.45. The Bertz CT molecular complexity index is 542. The second-order valence-electron chi connectivity index (χ2n) is 5.50. The zero-order valence-electron chi connectivity index (χ0n) is 12.0. The highest BCUT2D eigenvalue weighted by Crippen LogP contribution is 2.31. The molecule has 0 bridgehead atoms. The Balaban J connectivity index is 1.84. The summed E-state index contributed by atoms with van der Waals surface area (Å²) in [6.45, 7) is 3.73. The third-order valence-corrected chi connectivity index (χ3v) is 4.11. The quantitative estimate of drug-likeness (QED) is 0.715. The number of anilines is 3. The first-order chi connectivity index (χ1) is 9.56. The Morgan fingerprint density at radius 3 is 2.75 bits per heavy atom. The lowest BCUT2D eigenvalue weighted by atomic mass is 9.94. The summed E-state index contributed by atoms with van der Waals surface area (Å²) in [5.41, 5.74) is 7.76. The van der Waals surface area contributed by atoms with Gasteiger partial charge in [-0.05, 0) is 26.7 Å². The van der Waals surface area contributed by atoms with E-state index in [1.807, 2.05) is 25.8 Å². The fraction of sp³-hybridized carbons (Fsp3) is 0.615. The van der Waals surface area contributed by atoms with Gasteiger partial charge >= 0.3 is 0 Å². The van der Waals surface area contributed by atoms with Gasteiger partial charge in [-0.1, -0.05) is 6.42 Å². The topological polar surface area (TPSA) is 82.2 Å². The summed E-state index contributed by atoms with van der Waals surface area (Å²) in [6, 6.07) is 0.274. The molecule has 1 aliphatic carbocycles. The van der Waals surface area contributed by atoms with Crippen molar-refractivity contribution in [3.05, 3.63) is 5.69 Å². The van der Waals surface area contributed by atoms with Crippen molar-refractivity contribution in [2.24, 2.45) is 0 Å². The van der Waals surface area contributed by atoms with Crippen LogP contribution in [0.15, 0.2) is 0 Å². The molecule has 2 aliphatic rings. The molecule has 1 amide bonds. The number of fused-ring (bicyclic) bond motifs is 1. The Kier molecular flexibility index (Phi) is 3.21. The van der Waals surface area contributed by atoms with Crippen LogP contribution in [0.5, 0.6) is 0 Å². The number of aromatic nitrogens is 2. The number of rotatable bonds is 3. The summed E-state index contributed by atoms with van der Waals surface area (Å²) >= 11 is 0. The summed E-state index contributed by atoms with van der Waals surface area (Å²) < 4.78 is 0. The van der Waals surface area contributed by atoms with Crippen LogP contribution in [0.4, 0.5) is 17.5 Å². The molecule has 0 unspecified atom stereocenters. The highest BCUT2D eigenvalue weighted by atomic mass is 16.2. The largest absolute Gasteiger partial charge is 0.346 e. The monoisotopic (exact) mass is 276 g/mol. The van der Waals surface area contributed by atoms with Crippen molar-refractivity contribution in [1.29, 1.82) is 0 Å². The number of hydrogen-bond acceptors (Lipinski definition) is 6. The van der Waals surface area contributed by atoms with E-state index in [4.69, 9.17) is 0 Å². The predicted molar refractivity (Wildman–Crippen MR) is 77.7 cm³/mol. The number of carbonyl (C=O) groups is 1. The first-order valence-corrected chi connectivity index (χ1v) is 7.00. The van der Waals surface area contributed by atoms with Gasteiger partial charge in [-0.25, -0.2) is 10.4 Å². The lowest BCUT2D eigenvalue weighted by Gasteiger charge is -2.33. The maximum absolute atomic E-state index is 11.8. The molecule has 0 saturated heterocycles. The minimum Gasteiger partial charge on any atom is -0.346 e. The smallest absolute Gasteiger partial charge is 0.246 e. The van der Waals surface area contributed by atoms with Crippen molar-refractivity contribution < 1.29 is 4.79 Å². The summed E-state index contributed by atoms with van der Waals surface area (Å²) in [5, 5.41) is 2.87. The second-order valence-corrected chi connectivity index (χ2v) is 5.50. The van der Waals surface area contributed by atoms with E-state index in [0.717, 1.165) is 11.5 Å². The Labute approximate surface area is 118 Å². The molecule has 20 heavy (non-hydrogen) atoms. The van der Waals surface area contributed by atoms with Crippen LogP contribution in [-0.4, -0.2) is 35.0 Å². The maximum Gasteiger partial charge on any atom is 0.246 e. The molecular weight excluding hydrogens is 256 g/mol. The molecule has 7 nitrogen and oxygen atoms in total. The molecule has 3 N–H and O–H groups in total. The van der Waals surface area contributed by atoms with Crippen LogP contribution in [0.2, 0.25) is 0 Å². The van der Waals surface area contributed by atoms with Crippen LogP contribution >= 0.6 is 0 Å². The van der Waals surface area contributed by atoms with E-state index in [1.165, 1.54) is 19.3 Å². The number of aryl methyl sites for hydroxylation is 1. The van der Waals surface area contributed by atoms with Gasteiger partial charge in [0.25, 0.3) is 0 Å². The van der Waals surface area contributed by atoms with Gasteiger partial charge in [0.15, 0.2) is 5.82 Å². The van der Waals surface area contributed by atoms with Gasteiger partial charge in [-0.15, -0.1) is 0 Å². The zero-order chi connectivity index (χ0) is 14.3. The molecule has 0 spiro atoms. The normalized spacial score (nSPS) is 22.1. The first kappa shape index (κ1) is 13.1. The summed E-state index contributed by atoms with van der Waals surface area (Å²) in [7, 11) is 1.87. The molecule has 0 radical (unpaired) electrons. The molecule has 0 aromatic carbocycles. The summed E-state index contributed by atoms with van der Waals surface area (Å²) in [4.78, 5) is 22.6. The van der Waals surface area contributed by atoms with Crippen LogP contribution in [0, 0.1) is 6.92 Å². The Hall–Kier alpha value is -1.89. The Morgan fingerprint density at radius 1 is 1.35 bits per heavy atom. The number of amides is 1. The van der Waals surface area contributed by atoms with E-state index in [0.29, 0.717) is 17.7 Å². The molecule has 1 aliphatic heterocycles. The number of carbonyl (C=O) groups excluding carboxylic acids is 1. The van der Waals surface area contributed by atoms with Gasteiger partial charge in [-0.2, -0.15) is 4.98 Å². The van der Waals surface area contributed by atoms with Gasteiger partial charge in [0.2, 0.25) is 11.9 Å². The molecule has 1 aromatic rings. The molecule has 1 fully saturated rings. The van der Waals surface area contributed by atoms with E-state index in [1.54, 1.807) is 0 Å². The van der Waals surface area contributed by atoms with E-state index < -0.39 is 0 Å². The third-order valence-electron chi connectivity index (χ3n) is 4.11. The van der Waals surface area contributed by atoms with Gasteiger partial charge in [-0.3, -0.25) is 10.2 Å². The van der Waals surface area contributed by atoms with E-state index in [9.17, 15) is 4.79 Å². The van der Waals surface area contributed by atoms with Gasteiger partial charge in [0, 0.05) is 13.1 Å². The van der Waals surface area contributed by atoms with Gasteiger partial charge < -0.3 is 10.2 Å². The van der Waals surface area contributed by atoms with Crippen LogP contribution in [-0.2, 0) is 4.79 Å². The lowest BCUT2D eigenvalue weighted by molar-refractivity contribution is -0.117. The fourth-order valence-corrected chi connectivity index (χ4v) is 2.32. The maximum atomic E-state index is 11.8. The molecule has 2 heterocycles. The van der Waals surface area contributed by atoms with Crippen molar-refractivity contribution in [3.63, 3.8) is 0 Å². The fourth-order valence-electron chi connectivity index (χ4n) is 2.32. The number of likely N-dealkylation sites (N-methyl/N-ethyl adjacent to an activating group) is 1. The number of nitrogens with zero attached hydrogens (tertiary/aromatic N) is 3. The average Bonchev–Trinajstić information content (AvgIpc) is 2.36. The zero-order valence-corrected chi connectivity index (χ0v) is 12.0. The van der Waals surface area contributed by atoms with Crippen LogP contribution < -0.4 is 21.1 Å². The average molecular weight is 276 g/mol. The predicted octanol–water partition coefficient (Wildman–Crippen LogP) is 1.03. The first-order valence-electron chi connectivity index (χ1n) is 7.00. The van der Waals surface area contributed by atoms with Crippen LogP contribution in [0.3, 0.4) is 0 Å². The minimum absolute atomic E-state index is 0.0278. The van der Waals surface area contributed by atoms with Gasteiger partial charge in [0.05, 0.1) is 5.69 Å². The second kappa shape index (κ2) is 4.90. The summed E-state index contributed by atoms with van der Waals surface area (Å²) in [5.74, 6) is 1.27. The molecule has 108 valence electrons. The minimum atomic E-state index is -0.232. The third kappa shape index (κ3) is 2.18. The molecule has 7 heteroatoms. The molecule has 1 aromatic heterocycles. The number of hydrazine groups is 1. The molecular formula is C13H20N6O. The molecule has 3 rings (SSSR count). The van der Waals surface area contributed by atoms with Crippen molar-refractivity contribution >= 4 is 23.4 Å². The van der Waals surface area contributed by atoms with Crippen LogP contribution in [0.1, 0.15) is 31.9 Å². The van der Waals surface area contributed by atoms with Crippen molar-refractivity contribution in [3.8, 4) is 0 Å². The van der Waals surface area contributed by atoms with Crippen molar-refractivity contribution in [1.82, 2.24) is 15.4 Å². The highest BCUT2D eigenvalue weighted by molar-refractivity contribution is 6.03.